The van der Waals surface area contributed by atoms with Gasteiger partial charge < -0.3 is 24.1 Å². The third kappa shape index (κ3) is 3.73. The highest BCUT2D eigenvalue weighted by Crippen LogP contribution is 2.34. The number of hydrogen-bond acceptors (Lipinski definition) is 6. The zero-order chi connectivity index (χ0) is 17.7. The van der Waals surface area contributed by atoms with E-state index in [1.807, 2.05) is 0 Å². The number of phenolic OH excluding ortho intramolecular Hbond substituents is 1. The van der Waals surface area contributed by atoms with Crippen LogP contribution in [0.1, 0.15) is 15.9 Å². The van der Waals surface area contributed by atoms with Gasteiger partial charge in [-0.15, -0.1) is 0 Å². The van der Waals surface area contributed by atoms with Gasteiger partial charge in [-0.05, 0) is 24.3 Å². The van der Waals surface area contributed by atoms with Crippen molar-refractivity contribution in [3.05, 3.63) is 45.9 Å². The van der Waals surface area contributed by atoms with E-state index in [4.69, 9.17) is 18.9 Å². The number of hydrogen-bond donors (Lipinski definition) is 1. The monoisotopic (exact) mass is 396 g/mol. The molecule has 2 rings (SSSR count). The fourth-order valence-electron chi connectivity index (χ4n) is 2.08. The molecule has 0 saturated carbocycles. The molecule has 2 aromatic carbocycles. The second kappa shape index (κ2) is 7.92. The van der Waals surface area contributed by atoms with Crippen LogP contribution < -0.4 is 14.2 Å². The molecule has 0 unspecified atom stereocenters. The van der Waals surface area contributed by atoms with Crippen LogP contribution in [-0.2, 0) is 11.3 Å². The maximum absolute atomic E-state index is 12.2. The first kappa shape index (κ1) is 17.9. The van der Waals surface area contributed by atoms with E-state index in [1.165, 1.54) is 27.4 Å². The van der Waals surface area contributed by atoms with Crippen molar-refractivity contribution in [3.8, 4) is 23.0 Å². The minimum absolute atomic E-state index is 0.00355. The van der Waals surface area contributed by atoms with E-state index in [2.05, 4.69) is 15.9 Å². The SMILES string of the molecule is COc1cc(Br)c(COC(=O)c2cccc(OC)c2O)cc1OC. The summed E-state index contributed by atoms with van der Waals surface area (Å²) < 4.78 is 21.4. The van der Waals surface area contributed by atoms with E-state index in [0.717, 1.165) is 0 Å². The molecule has 0 saturated heterocycles. The van der Waals surface area contributed by atoms with Crippen molar-refractivity contribution in [2.75, 3.05) is 21.3 Å². The van der Waals surface area contributed by atoms with Gasteiger partial charge in [0.25, 0.3) is 0 Å². The van der Waals surface area contributed by atoms with E-state index in [-0.39, 0.29) is 23.7 Å². The smallest absolute Gasteiger partial charge is 0.342 e. The van der Waals surface area contributed by atoms with E-state index in [0.29, 0.717) is 21.5 Å². The number of para-hydroxylation sites is 1. The highest BCUT2D eigenvalue weighted by molar-refractivity contribution is 9.10. The average molecular weight is 397 g/mol. The first-order valence-electron chi connectivity index (χ1n) is 6.95. The zero-order valence-electron chi connectivity index (χ0n) is 13.5. The minimum atomic E-state index is -0.659. The normalized spacial score (nSPS) is 10.2. The summed E-state index contributed by atoms with van der Waals surface area (Å²) in [5.41, 5.74) is 0.731. The number of aromatic hydroxyl groups is 1. The number of benzene rings is 2. The highest BCUT2D eigenvalue weighted by atomic mass is 79.9. The summed E-state index contributed by atoms with van der Waals surface area (Å²) >= 11 is 3.40. The van der Waals surface area contributed by atoms with Crippen molar-refractivity contribution in [1.29, 1.82) is 0 Å². The second-order valence-corrected chi connectivity index (χ2v) is 5.59. The van der Waals surface area contributed by atoms with Gasteiger partial charge in [0.2, 0.25) is 0 Å². The lowest BCUT2D eigenvalue weighted by Crippen LogP contribution is -2.07. The molecule has 0 aliphatic heterocycles. The van der Waals surface area contributed by atoms with Crippen LogP contribution in [0.2, 0.25) is 0 Å². The molecular weight excluding hydrogens is 380 g/mol. The molecule has 0 heterocycles. The van der Waals surface area contributed by atoms with Gasteiger partial charge in [-0.2, -0.15) is 0 Å². The molecule has 0 aliphatic rings. The van der Waals surface area contributed by atoms with Gasteiger partial charge >= 0.3 is 5.97 Å². The van der Waals surface area contributed by atoms with E-state index >= 15 is 0 Å². The molecule has 2 aromatic rings. The van der Waals surface area contributed by atoms with Crippen molar-refractivity contribution >= 4 is 21.9 Å². The number of esters is 1. The molecule has 0 bridgehead atoms. The molecule has 1 N–H and O–H groups in total. The van der Waals surface area contributed by atoms with Gasteiger partial charge in [0.05, 0.1) is 21.3 Å². The van der Waals surface area contributed by atoms with E-state index in [9.17, 15) is 9.90 Å². The van der Waals surface area contributed by atoms with Crippen molar-refractivity contribution in [2.45, 2.75) is 6.61 Å². The van der Waals surface area contributed by atoms with Crippen LogP contribution in [0.25, 0.3) is 0 Å². The average Bonchev–Trinajstić information content (AvgIpc) is 2.60. The Hall–Kier alpha value is -2.41. The van der Waals surface area contributed by atoms with Crippen LogP contribution in [0.3, 0.4) is 0 Å². The molecular formula is C17H17BrO6. The number of rotatable bonds is 6. The van der Waals surface area contributed by atoms with E-state index in [1.54, 1.807) is 24.3 Å². The summed E-state index contributed by atoms with van der Waals surface area (Å²) in [7, 11) is 4.47. The third-order valence-corrected chi connectivity index (χ3v) is 4.09. The molecule has 128 valence electrons. The number of carbonyl (C=O) groups is 1. The van der Waals surface area contributed by atoms with Gasteiger partial charge in [-0.25, -0.2) is 4.79 Å². The summed E-state index contributed by atoms with van der Waals surface area (Å²) in [6.45, 7) is -0.00355. The fraction of sp³-hybridized carbons (Fsp3) is 0.235. The van der Waals surface area contributed by atoms with Gasteiger partial charge in [-0.3, -0.25) is 0 Å². The van der Waals surface area contributed by atoms with Crippen molar-refractivity contribution in [2.24, 2.45) is 0 Å². The topological polar surface area (TPSA) is 74.2 Å². The molecule has 0 aliphatic carbocycles. The Balaban J connectivity index is 2.18. The predicted octanol–water partition coefficient (Wildman–Crippen LogP) is 3.54. The van der Waals surface area contributed by atoms with Crippen molar-refractivity contribution in [3.63, 3.8) is 0 Å². The molecule has 0 aromatic heterocycles. The Morgan fingerprint density at radius 2 is 1.67 bits per heavy atom. The van der Waals surface area contributed by atoms with Crippen LogP contribution in [0.4, 0.5) is 0 Å². The maximum Gasteiger partial charge on any atom is 0.342 e. The summed E-state index contributed by atoms with van der Waals surface area (Å²) in [6.07, 6.45) is 0. The number of halogens is 1. The molecule has 7 heteroatoms. The molecule has 0 spiro atoms. The molecule has 0 fully saturated rings. The second-order valence-electron chi connectivity index (χ2n) is 4.73. The van der Waals surface area contributed by atoms with Crippen LogP contribution in [0.5, 0.6) is 23.0 Å². The summed E-state index contributed by atoms with van der Waals surface area (Å²) in [5.74, 6) is 0.377. The Kier molecular flexibility index (Phi) is 5.92. The Labute approximate surface area is 148 Å². The molecule has 0 atom stereocenters. The molecule has 0 amide bonds. The molecule has 6 nitrogen and oxygen atoms in total. The van der Waals surface area contributed by atoms with Crippen molar-refractivity contribution in [1.82, 2.24) is 0 Å². The van der Waals surface area contributed by atoms with Gasteiger partial charge in [0, 0.05) is 10.0 Å². The van der Waals surface area contributed by atoms with E-state index < -0.39 is 5.97 Å². The largest absolute Gasteiger partial charge is 0.504 e. The zero-order valence-corrected chi connectivity index (χ0v) is 15.0. The fourth-order valence-corrected chi connectivity index (χ4v) is 2.52. The first-order valence-corrected chi connectivity index (χ1v) is 7.74. The number of ether oxygens (including phenoxy) is 4. The van der Waals surface area contributed by atoms with Crippen LogP contribution >= 0.6 is 15.9 Å². The lowest BCUT2D eigenvalue weighted by molar-refractivity contribution is 0.0467. The summed E-state index contributed by atoms with van der Waals surface area (Å²) in [5, 5.41) is 9.99. The molecule has 24 heavy (non-hydrogen) atoms. The standard InChI is InChI=1S/C17H17BrO6/c1-21-13-6-4-5-11(16(13)19)17(20)24-9-10-7-14(22-2)15(23-3)8-12(10)18/h4-8,19H,9H2,1-3H3. The summed E-state index contributed by atoms with van der Waals surface area (Å²) in [4.78, 5) is 12.2. The van der Waals surface area contributed by atoms with Crippen molar-refractivity contribution < 1.29 is 28.8 Å². The Morgan fingerprint density at radius 3 is 2.29 bits per heavy atom. The lowest BCUT2D eigenvalue weighted by atomic mass is 10.2. The van der Waals surface area contributed by atoms with Crippen LogP contribution in [0.15, 0.2) is 34.8 Å². The lowest BCUT2D eigenvalue weighted by Gasteiger charge is -2.13. The van der Waals surface area contributed by atoms with Gasteiger partial charge in [0.1, 0.15) is 12.2 Å². The predicted molar refractivity (Wildman–Crippen MR) is 91.0 cm³/mol. The van der Waals surface area contributed by atoms with Crippen LogP contribution in [0, 0.1) is 0 Å². The third-order valence-electron chi connectivity index (χ3n) is 3.35. The number of carbonyl (C=O) groups excluding carboxylic acids is 1. The van der Waals surface area contributed by atoms with Gasteiger partial charge in [-0.1, -0.05) is 22.0 Å². The first-order chi connectivity index (χ1) is 11.5. The highest BCUT2D eigenvalue weighted by Gasteiger charge is 2.17. The Morgan fingerprint density at radius 1 is 1.04 bits per heavy atom. The number of methoxy groups -OCH3 is 3. The maximum atomic E-state index is 12.2. The summed E-state index contributed by atoms with van der Waals surface area (Å²) in [6, 6.07) is 8.05. The van der Waals surface area contributed by atoms with Gasteiger partial charge in [0.15, 0.2) is 23.0 Å². The van der Waals surface area contributed by atoms with Crippen LogP contribution in [-0.4, -0.2) is 32.4 Å². The molecule has 0 radical (unpaired) electrons. The quantitative estimate of drug-likeness (QED) is 0.752. The minimum Gasteiger partial charge on any atom is -0.504 e. The number of phenols is 1. The Bertz CT molecular complexity index is 744.